The fraction of sp³-hybridized carbons (Fsp3) is 0.143. The van der Waals surface area contributed by atoms with Crippen molar-refractivity contribution in [2.24, 2.45) is 0 Å². The molecule has 2 rings (SSSR count). The number of hydrogen-bond donors (Lipinski definition) is 1. The van der Waals surface area contributed by atoms with Crippen molar-refractivity contribution in [3.05, 3.63) is 58.9 Å². The lowest BCUT2D eigenvalue weighted by molar-refractivity contribution is 0.602. The first kappa shape index (κ1) is 14.8. The van der Waals surface area contributed by atoms with Gasteiger partial charge in [0.1, 0.15) is 5.82 Å². The summed E-state index contributed by atoms with van der Waals surface area (Å²) in [6.07, 6.45) is 1.16. The van der Waals surface area contributed by atoms with Gasteiger partial charge in [0.2, 0.25) is 0 Å². The van der Waals surface area contributed by atoms with Gasteiger partial charge in [-0.15, -0.1) is 0 Å². The lowest BCUT2D eigenvalue weighted by Gasteiger charge is -2.11. The van der Waals surface area contributed by atoms with Crippen LogP contribution in [0.15, 0.2) is 47.4 Å². The molecule has 0 unspecified atom stereocenters. The van der Waals surface area contributed by atoms with Gasteiger partial charge in [0.25, 0.3) is 0 Å². The molecular formula is C14H13ClFNO2S. The summed E-state index contributed by atoms with van der Waals surface area (Å²) < 4.78 is 36.4. The molecule has 0 heterocycles. The summed E-state index contributed by atoms with van der Waals surface area (Å²) in [5.74, 6) is -0.480. The van der Waals surface area contributed by atoms with Gasteiger partial charge in [-0.2, -0.15) is 0 Å². The zero-order valence-corrected chi connectivity index (χ0v) is 12.3. The summed E-state index contributed by atoms with van der Waals surface area (Å²) >= 11 is 5.70. The summed E-state index contributed by atoms with van der Waals surface area (Å²) in [4.78, 5) is 0.230. The Kier molecular flexibility index (Phi) is 4.30. The van der Waals surface area contributed by atoms with Crippen LogP contribution in [0.25, 0.3) is 0 Å². The van der Waals surface area contributed by atoms with E-state index in [1.165, 1.54) is 18.2 Å². The van der Waals surface area contributed by atoms with Crippen LogP contribution in [0.3, 0.4) is 0 Å². The van der Waals surface area contributed by atoms with Crippen molar-refractivity contribution < 1.29 is 12.8 Å². The van der Waals surface area contributed by atoms with Crippen LogP contribution in [0, 0.1) is 5.82 Å². The maximum absolute atomic E-state index is 13.1. The molecule has 0 aliphatic carbocycles. The van der Waals surface area contributed by atoms with Crippen molar-refractivity contribution in [3.8, 4) is 0 Å². The van der Waals surface area contributed by atoms with Crippen LogP contribution in [-0.4, -0.2) is 14.7 Å². The van der Waals surface area contributed by atoms with Crippen molar-refractivity contribution >= 4 is 27.1 Å². The highest BCUT2D eigenvalue weighted by Crippen LogP contribution is 2.22. The number of hydrogen-bond acceptors (Lipinski definition) is 3. The summed E-state index contributed by atoms with van der Waals surface area (Å²) in [5.41, 5.74) is 1.27. The van der Waals surface area contributed by atoms with Crippen molar-refractivity contribution in [2.45, 2.75) is 11.4 Å². The van der Waals surface area contributed by atoms with Gasteiger partial charge in [-0.1, -0.05) is 29.8 Å². The van der Waals surface area contributed by atoms with E-state index in [9.17, 15) is 12.8 Å². The molecule has 0 amide bonds. The Balaban J connectivity index is 2.21. The molecule has 0 spiro atoms. The number of sulfone groups is 1. The molecule has 0 radical (unpaired) electrons. The standard InChI is InChI=1S/C14H13ClFNO2S/c1-20(18,19)14-5-3-2-4-13(14)17-9-10-6-7-12(16)11(15)8-10/h2-8,17H,9H2,1H3. The topological polar surface area (TPSA) is 46.2 Å². The molecule has 1 N–H and O–H groups in total. The molecule has 3 nitrogen and oxygen atoms in total. The second-order valence-electron chi connectivity index (χ2n) is 4.37. The molecular weight excluding hydrogens is 301 g/mol. The van der Waals surface area contributed by atoms with Gasteiger partial charge in [-0.05, 0) is 29.8 Å². The Hall–Kier alpha value is -1.59. The van der Waals surface area contributed by atoms with E-state index < -0.39 is 15.7 Å². The van der Waals surface area contributed by atoms with E-state index >= 15 is 0 Å². The largest absolute Gasteiger partial charge is 0.380 e. The fourth-order valence-corrected chi connectivity index (χ4v) is 2.85. The Morgan fingerprint density at radius 2 is 1.90 bits per heavy atom. The van der Waals surface area contributed by atoms with Gasteiger partial charge in [0.05, 0.1) is 15.6 Å². The molecule has 0 aromatic heterocycles. The first-order valence-electron chi connectivity index (χ1n) is 5.85. The predicted octanol–water partition coefficient (Wildman–Crippen LogP) is 3.49. The summed E-state index contributed by atoms with van der Waals surface area (Å²) in [6, 6.07) is 11.0. The third-order valence-electron chi connectivity index (χ3n) is 2.75. The van der Waals surface area contributed by atoms with Gasteiger partial charge < -0.3 is 5.32 Å². The lowest BCUT2D eigenvalue weighted by atomic mass is 10.2. The number of halogens is 2. The summed E-state index contributed by atoms with van der Waals surface area (Å²) in [7, 11) is -3.30. The molecule has 0 saturated heterocycles. The molecule has 2 aromatic carbocycles. The minimum atomic E-state index is -3.30. The second kappa shape index (κ2) is 5.81. The van der Waals surface area contributed by atoms with Crippen LogP contribution in [0.2, 0.25) is 5.02 Å². The molecule has 106 valence electrons. The van der Waals surface area contributed by atoms with Gasteiger partial charge in [0.15, 0.2) is 9.84 Å². The Morgan fingerprint density at radius 1 is 1.20 bits per heavy atom. The SMILES string of the molecule is CS(=O)(=O)c1ccccc1NCc1ccc(F)c(Cl)c1. The second-order valence-corrected chi connectivity index (χ2v) is 6.76. The van der Waals surface area contributed by atoms with Crippen molar-refractivity contribution in [3.63, 3.8) is 0 Å². The van der Waals surface area contributed by atoms with Crippen LogP contribution in [0.5, 0.6) is 0 Å². The van der Waals surface area contributed by atoms with E-state index in [0.29, 0.717) is 12.2 Å². The van der Waals surface area contributed by atoms with Crippen LogP contribution >= 0.6 is 11.6 Å². The zero-order valence-electron chi connectivity index (χ0n) is 10.7. The molecule has 0 saturated carbocycles. The molecule has 0 bridgehead atoms. The number of rotatable bonds is 4. The quantitative estimate of drug-likeness (QED) is 0.939. The highest BCUT2D eigenvalue weighted by molar-refractivity contribution is 7.90. The molecule has 0 aliphatic heterocycles. The van der Waals surface area contributed by atoms with E-state index in [1.807, 2.05) is 0 Å². The van der Waals surface area contributed by atoms with E-state index in [-0.39, 0.29) is 9.92 Å². The monoisotopic (exact) mass is 313 g/mol. The van der Waals surface area contributed by atoms with Crippen LogP contribution in [-0.2, 0) is 16.4 Å². The number of para-hydroxylation sites is 1. The molecule has 0 aliphatic rings. The molecule has 2 aromatic rings. The molecule has 0 atom stereocenters. The highest BCUT2D eigenvalue weighted by atomic mass is 35.5. The number of anilines is 1. The number of nitrogens with one attached hydrogen (secondary N) is 1. The van der Waals surface area contributed by atoms with Gasteiger partial charge in [-0.25, -0.2) is 12.8 Å². The molecule has 0 fully saturated rings. The fourth-order valence-electron chi connectivity index (χ4n) is 1.78. The molecule has 6 heteroatoms. The minimum absolute atomic E-state index is 0.0423. The smallest absolute Gasteiger partial charge is 0.177 e. The Morgan fingerprint density at radius 3 is 2.55 bits per heavy atom. The average molecular weight is 314 g/mol. The first-order valence-corrected chi connectivity index (χ1v) is 8.12. The third kappa shape index (κ3) is 3.49. The number of benzene rings is 2. The summed E-state index contributed by atoms with van der Waals surface area (Å²) in [6.45, 7) is 0.354. The van der Waals surface area contributed by atoms with E-state index in [4.69, 9.17) is 11.6 Å². The first-order chi connectivity index (χ1) is 9.38. The van der Waals surface area contributed by atoms with Crippen LogP contribution in [0.1, 0.15) is 5.56 Å². The zero-order chi connectivity index (χ0) is 14.8. The minimum Gasteiger partial charge on any atom is -0.380 e. The maximum Gasteiger partial charge on any atom is 0.177 e. The normalized spacial score (nSPS) is 11.3. The highest BCUT2D eigenvalue weighted by Gasteiger charge is 2.12. The van der Waals surface area contributed by atoms with Crippen molar-refractivity contribution in [2.75, 3.05) is 11.6 Å². The predicted molar refractivity (Wildman–Crippen MR) is 78.3 cm³/mol. The third-order valence-corrected chi connectivity index (χ3v) is 4.20. The van der Waals surface area contributed by atoms with Gasteiger partial charge >= 0.3 is 0 Å². The van der Waals surface area contributed by atoms with Crippen molar-refractivity contribution in [1.82, 2.24) is 0 Å². The maximum atomic E-state index is 13.1. The van der Waals surface area contributed by atoms with Crippen molar-refractivity contribution in [1.29, 1.82) is 0 Å². The average Bonchev–Trinajstić information content (AvgIpc) is 2.39. The van der Waals surface area contributed by atoms with E-state index in [2.05, 4.69) is 5.32 Å². The van der Waals surface area contributed by atoms with E-state index in [1.54, 1.807) is 24.3 Å². The van der Waals surface area contributed by atoms with Crippen LogP contribution in [0.4, 0.5) is 10.1 Å². The molecule has 20 heavy (non-hydrogen) atoms. The van der Waals surface area contributed by atoms with Crippen LogP contribution < -0.4 is 5.32 Å². The van der Waals surface area contributed by atoms with E-state index in [0.717, 1.165) is 11.8 Å². The Labute approximate surface area is 122 Å². The lowest BCUT2D eigenvalue weighted by Crippen LogP contribution is -2.06. The van der Waals surface area contributed by atoms with Gasteiger partial charge in [0, 0.05) is 12.8 Å². The Bertz CT molecular complexity index is 732. The van der Waals surface area contributed by atoms with Gasteiger partial charge in [-0.3, -0.25) is 0 Å². The summed E-state index contributed by atoms with van der Waals surface area (Å²) in [5, 5.41) is 3.06.